The second-order valence-electron chi connectivity index (χ2n) is 11.2. The first-order chi connectivity index (χ1) is 19.8. The zero-order valence-electron chi connectivity index (χ0n) is 24.6. The third-order valence-corrected chi connectivity index (χ3v) is 7.70. The van der Waals surface area contributed by atoms with Gasteiger partial charge in [-0.05, 0) is 44.2 Å². The highest BCUT2D eigenvalue weighted by molar-refractivity contribution is 8.00. The number of carbonyl (C=O) groups excluding carboxylic acids is 3. The molecule has 1 fully saturated rings. The van der Waals surface area contributed by atoms with Gasteiger partial charge in [-0.1, -0.05) is 62.9 Å². The third kappa shape index (κ3) is 7.71. The molecule has 1 aliphatic rings. The minimum Gasteiger partial charge on any atom is -0.457 e. The molecule has 0 spiro atoms. The topological polar surface area (TPSA) is 171 Å². The number of primary amides is 1. The molecule has 2 aromatic rings. The number of rotatable bonds is 10. The van der Waals surface area contributed by atoms with Gasteiger partial charge in [-0.15, -0.1) is 0 Å². The summed E-state index contributed by atoms with van der Waals surface area (Å²) in [6.07, 6.45) is -0.831. The molecular formula is C30H36N6O5S. The standard InChI is InChI=1S/C30H36N6O5S/c1-7-20-21(13-31)26(35-27(22(20)14-32)42-24(25(33)37)18-11-9-8-10-12-18)36-15-19(16-36)40-28(38)23(17(2)3)34-29(39)41-30(4,5)6/h8-12,17,19,23-24H,7,15-16H2,1-6H3,(H2,33,37)(H,34,39)/t23-,24?/m0/s1. The van der Waals surface area contributed by atoms with Crippen LogP contribution in [-0.4, -0.2) is 53.8 Å². The second-order valence-corrected chi connectivity index (χ2v) is 12.3. The number of esters is 1. The Labute approximate surface area is 250 Å². The summed E-state index contributed by atoms with van der Waals surface area (Å²) in [6, 6.07) is 12.4. The number of hydrogen-bond acceptors (Lipinski definition) is 10. The van der Waals surface area contributed by atoms with Crippen LogP contribution < -0.4 is 16.0 Å². The number of nitrogens with one attached hydrogen (secondary N) is 1. The SMILES string of the molecule is CCc1c(C#N)c(SC(C(N)=O)c2ccccc2)nc(N2CC(OC(=O)[C@@H](NC(=O)OC(C)(C)C)C(C)C)C2)c1C#N. The highest BCUT2D eigenvalue weighted by Crippen LogP contribution is 2.40. The van der Waals surface area contributed by atoms with Crippen molar-refractivity contribution in [2.45, 2.75) is 76.0 Å². The molecule has 0 bridgehead atoms. The van der Waals surface area contributed by atoms with Crippen LogP contribution in [0, 0.1) is 28.6 Å². The molecule has 0 aliphatic carbocycles. The van der Waals surface area contributed by atoms with Crippen LogP contribution in [-0.2, 0) is 25.5 Å². The first-order valence-electron chi connectivity index (χ1n) is 13.6. The Hall–Kier alpha value is -4.29. The van der Waals surface area contributed by atoms with Crippen LogP contribution in [0.25, 0.3) is 0 Å². The first-order valence-corrected chi connectivity index (χ1v) is 14.5. The Morgan fingerprint density at radius 3 is 2.26 bits per heavy atom. The van der Waals surface area contributed by atoms with Crippen molar-refractivity contribution in [2.75, 3.05) is 18.0 Å². The molecule has 0 saturated carbocycles. The number of aromatic nitrogens is 1. The normalized spacial score (nSPS) is 14.6. The summed E-state index contributed by atoms with van der Waals surface area (Å²) in [7, 11) is 0. The van der Waals surface area contributed by atoms with Crippen molar-refractivity contribution < 1.29 is 23.9 Å². The van der Waals surface area contributed by atoms with E-state index in [9.17, 15) is 24.9 Å². The molecule has 42 heavy (non-hydrogen) atoms. The summed E-state index contributed by atoms with van der Waals surface area (Å²) in [5, 5.41) is 22.1. The molecule has 0 radical (unpaired) electrons. The van der Waals surface area contributed by atoms with E-state index in [4.69, 9.17) is 15.2 Å². The van der Waals surface area contributed by atoms with Gasteiger partial charge in [0, 0.05) is 0 Å². The highest BCUT2D eigenvalue weighted by atomic mass is 32.2. The van der Waals surface area contributed by atoms with Crippen LogP contribution in [0.4, 0.5) is 10.6 Å². The van der Waals surface area contributed by atoms with Gasteiger partial charge in [-0.2, -0.15) is 10.5 Å². The van der Waals surface area contributed by atoms with Crippen LogP contribution in [0.2, 0.25) is 0 Å². The lowest BCUT2D eigenvalue weighted by Gasteiger charge is -2.40. The van der Waals surface area contributed by atoms with Gasteiger partial charge in [0.15, 0.2) is 0 Å². The summed E-state index contributed by atoms with van der Waals surface area (Å²) >= 11 is 1.06. The number of carbonyl (C=O) groups is 3. The molecule has 12 heteroatoms. The number of ether oxygens (including phenoxy) is 2. The van der Waals surface area contributed by atoms with Gasteiger partial charge in [0.2, 0.25) is 5.91 Å². The van der Waals surface area contributed by atoms with Crippen molar-refractivity contribution in [3.63, 3.8) is 0 Å². The molecule has 3 N–H and O–H groups in total. The Balaban J connectivity index is 1.83. The predicted octanol–water partition coefficient (Wildman–Crippen LogP) is 3.99. The van der Waals surface area contributed by atoms with Crippen LogP contribution in [0.3, 0.4) is 0 Å². The Bertz CT molecular complexity index is 1400. The van der Waals surface area contributed by atoms with Crippen molar-refractivity contribution in [3.8, 4) is 12.1 Å². The smallest absolute Gasteiger partial charge is 0.408 e. The number of alkyl carbamates (subject to hydrolysis) is 1. The number of nitriles is 2. The molecular weight excluding hydrogens is 556 g/mol. The Kier molecular flexibility index (Phi) is 10.4. The van der Waals surface area contributed by atoms with E-state index >= 15 is 0 Å². The molecule has 2 heterocycles. The number of thioether (sulfide) groups is 1. The molecule has 1 aliphatic heterocycles. The van der Waals surface area contributed by atoms with Crippen molar-refractivity contribution >= 4 is 35.5 Å². The van der Waals surface area contributed by atoms with Crippen molar-refractivity contribution in [1.29, 1.82) is 10.5 Å². The van der Waals surface area contributed by atoms with E-state index in [1.54, 1.807) is 63.8 Å². The fraction of sp³-hybridized carbons (Fsp3) is 0.467. The summed E-state index contributed by atoms with van der Waals surface area (Å²) in [4.78, 5) is 44.1. The zero-order valence-corrected chi connectivity index (χ0v) is 25.4. The maximum absolute atomic E-state index is 13.0. The molecule has 2 amide bonds. The van der Waals surface area contributed by atoms with E-state index in [-0.39, 0.29) is 35.2 Å². The largest absolute Gasteiger partial charge is 0.457 e. The van der Waals surface area contributed by atoms with Gasteiger partial charge >= 0.3 is 12.1 Å². The van der Waals surface area contributed by atoms with E-state index in [0.717, 1.165) is 11.8 Å². The van der Waals surface area contributed by atoms with Gasteiger partial charge in [0.05, 0.1) is 24.2 Å². The number of pyridine rings is 1. The molecule has 1 aromatic carbocycles. The fourth-order valence-electron chi connectivity index (χ4n) is 4.38. The second kappa shape index (κ2) is 13.6. The van der Waals surface area contributed by atoms with Crippen LogP contribution >= 0.6 is 11.8 Å². The number of nitrogens with zero attached hydrogens (tertiary/aromatic N) is 4. The summed E-state index contributed by atoms with van der Waals surface area (Å²) in [5.74, 6) is -1.09. The maximum Gasteiger partial charge on any atom is 0.408 e. The highest BCUT2D eigenvalue weighted by Gasteiger charge is 2.37. The van der Waals surface area contributed by atoms with Crippen molar-refractivity contribution in [2.24, 2.45) is 11.7 Å². The van der Waals surface area contributed by atoms with E-state index in [0.29, 0.717) is 23.4 Å². The van der Waals surface area contributed by atoms with Crippen LogP contribution in [0.5, 0.6) is 0 Å². The molecule has 1 unspecified atom stereocenters. The monoisotopic (exact) mass is 592 g/mol. The van der Waals surface area contributed by atoms with E-state index in [1.807, 2.05) is 13.0 Å². The quantitative estimate of drug-likeness (QED) is 0.304. The minimum absolute atomic E-state index is 0.224. The molecule has 1 aromatic heterocycles. The number of benzene rings is 1. The molecule has 2 atom stereocenters. The van der Waals surface area contributed by atoms with Crippen LogP contribution in [0.1, 0.15) is 69.0 Å². The van der Waals surface area contributed by atoms with Gasteiger partial charge < -0.3 is 25.4 Å². The first kappa shape index (κ1) is 32.2. The van der Waals surface area contributed by atoms with Gasteiger partial charge in [-0.25, -0.2) is 14.6 Å². The third-order valence-electron chi connectivity index (χ3n) is 6.44. The van der Waals surface area contributed by atoms with Gasteiger partial charge in [0.1, 0.15) is 46.0 Å². The summed E-state index contributed by atoms with van der Waals surface area (Å²) in [5.41, 5.74) is 6.67. The minimum atomic E-state index is -0.907. The van der Waals surface area contributed by atoms with Crippen LogP contribution in [0.15, 0.2) is 35.4 Å². The lowest BCUT2D eigenvalue weighted by atomic mass is 10.0. The van der Waals surface area contributed by atoms with Gasteiger partial charge in [-0.3, -0.25) is 4.79 Å². The van der Waals surface area contributed by atoms with Gasteiger partial charge in [0.25, 0.3) is 0 Å². The predicted molar refractivity (Wildman–Crippen MR) is 157 cm³/mol. The number of nitrogens with two attached hydrogens (primary N) is 1. The molecule has 11 nitrogen and oxygen atoms in total. The van der Waals surface area contributed by atoms with E-state index < -0.39 is 41.0 Å². The lowest BCUT2D eigenvalue weighted by Crippen LogP contribution is -2.56. The Morgan fingerprint density at radius 1 is 1.14 bits per heavy atom. The molecule has 222 valence electrons. The number of amides is 2. The Morgan fingerprint density at radius 2 is 1.76 bits per heavy atom. The summed E-state index contributed by atoms with van der Waals surface area (Å²) < 4.78 is 10.9. The average molecular weight is 593 g/mol. The lowest BCUT2D eigenvalue weighted by molar-refractivity contribution is -0.154. The van der Waals surface area contributed by atoms with E-state index in [2.05, 4.69) is 22.4 Å². The van der Waals surface area contributed by atoms with Crippen molar-refractivity contribution in [3.05, 3.63) is 52.6 Å². The fourth-order valence-corrected chi connectivity index (χ4v) is 5.44. The number of anilines is 1. The number of hydrogen-bond donors (Lipinski definition) is 2. The molecule has 3 rings (SSSR count). The maximum atomic E-state index is 13.0. The van der Waals surface area contributed by atoms with Crippen molar-refractivity contribution in [1.82, 2.24) is 10.3 Å². The zero-order chi connectivity index (χ0) is 31.2. The molecule has 1 saturated heterocycles. The van der Waals surface area contributed by atoms with E-state index in [1.165, 1.54) is 0 Å². The summed E-state index contributed by atoms with van der Waals surface area (Å²) in [6.45, 7) is 11.1. The average Bonchev–Trinajstić information content (AvgIpc) is 2.90.